The first-order chi connectivity index (χ1) is 34.5. The number of amides is 5. The van der Waals surface area contributed by atoms with E-state index in [9.17, 15) is 37.1 Å². The number of fused-ring (bicyclic) bond motifs is 1. The molecule has 8 rings (SSSR count). The van der Waals surface area contributed by atoms with Gasteiger partial charge in [-0.15, -0.1) is 0 Å². The minimum atomic E-state index is -4.55. The highest BCUT2D eigenvalue weighted by atomic mass is 19.4. The van der Waals surface area contributed by atoms with E-state index in [4.69, 9.17) is 9.47 Å². The highest BCUT2D eigenvalue weighted by molar-refractivity contribution is 5.93. The van der Waals surface area contributed by atoms with Crippen molar-refractivity contribution in [3.05, 3.63) is 60.2 Å². The van der Waals surface area contributed by atoms with Crippen LogP contribution >= 0.6 is 0 Å². The van der Waals surface area contributed by atoms with Crippen LogP contribution in [-0.2, 0) is 39.6 Å². The summed E-state index contributed by atoms with van der Waals surface area (Å²) >= 11 is 0. The summed E-state index contributed by atoms with van der Waals surface area (Å²) in [5.74, 6) is -1.08. The van der Waals surface area contributed by atoms with Crippen molar-refractivity contribution < 1.29 is 46.6 Å². The van der Waals surface area contributed by atoms with Crippen molar-refractivity contribution in [3.8, 4) is 0 Å². The summed E-state index contributed by atoms with van der Waals surface area (Å²) in [6.07, 6.45) is 9.11. The van der Waals surface area contributed by atoms with Crippen molar-refractivity contribution in [2.75, 3.05) is 45.7 Å². The van der Waals surface area contributed by atoms with Crippen molar-refractivity contribution in [1.29, 1.82) is 0 Å². The van der Waals surface area contributed by atoms with Crippen molar-refractivity contribution in [2.24, 2.45) is 11.8 Å². The van der Waals surface area contributed by atoms with Gasteiger partial charge in [0.2, 0.25) is 29.5 Å². The molecule has 0 spiro atoms. The Bertz CT molecular complexity index is 2360. The summed E-state index contributed by atoms with van der Waals surface area (Å²) in [5, 5.41) is 12.8. The topological polar surface area (TPSA) is 200 Å². The molecule has 5 amide bonds. The molecular weight excluding hydrogens is 934 g/mol. The van der Waals surface area contributed by atoms with Crippen molar-refractivity contribution in [1.82, 2.24) is 45.6 Å². The Balaban J connectivity index is 0.737. The molecule has 20 heteroatoms. The van der Waals surface area contributed by atoms with Crippen molar-refractivity contribution in [3.63, 3.8) is 0 Å². The quantitative estimate of drug-likeness (QED) is 0.116. The van der Waals surface area contributed by atoms with Crippen LogP contribution < -0.4 is 21.3 Å². The lowest BCUT2D eigenvalue weighted by atomic mass is 9.82. The summed E-state index contributed by atoms with van der Waals surface area (Å²) in [7, 11) is 3.81. The second-order valence-corrected chi connectivity index (χ2v) is 20.7. The van der Waals surface area contributed by atoms with E-state index in [-0.39, 0.29) is 108 Å². The SMILES string of the molecule is CC(C)N(C)[C@@H]1CC[C@H](N2CC[C@H](Nc3ncnc4ccc(C(F)(F)F)cc34)C2=O)[C@H](NC(=O)[C@H]2CC[C@H](NC(=O)CCO[C@H]3CC[C@H](OCCNC(=O)[C@H]4CC(=O)N(C)[C@@H]4c4cccnc4)CC3)CC2)C1. The first kappa shape index (κ1) is 52.8. The summed E-state index contributed by atoms with van der Waals surface area (Å²) < 4.78 is 53.0. The number of ether oxygens (including phenoxy) is 2. The van der Waals surface area contributed by atoms with Gasteiger partial charge in [0.1, 0.15) is 18.2 Å². The zero-order valence-electron chi connectivity index (χ0n) is 41.9. The number of aromatic nitrogens is 3. The first-order valence-corrected chi connectivity index (χ1v) is 25.9. The Labute approximate surface area is 419 Å². The van der Waals surface area contributed by atoms with E-state index in [1.165, 1.54) is 12.4 Å². The molecule has 1 aromatic carbocycles. The van der Waals surface area contributed by atoms with Gasteiger partial charge < -0.3 is 45.4 Å². The fourth-order valence-corrected chi connectivity index (χ4v) is 11.6. The highest BCUT2D eigenvalue weighted by Gasteiger charge is 2.45. The molecule has 5 aliphatic rings. The zero-order chi connectivity index (χ0) is 51.1. The monoisotopic (exact) mass is 1000 g/mol. The van der Waals surface area contributed by atoms with E-state index in [1.54, 1.807) is 30.4 Å². The van der Waals surface area contributed by atoms with Gasteiger partial charge in [0, 0.05) is 74.8 Å². The normalized spacial score (nSPS) is 28.2. The number of nitrogens with zero attached hydrogens (tertiary/aromatic N) is 6. The van der Waals surface area contributed by atoms with Gasteiger partial charge in [-0.3, -0.25) is 29.0 Å². The van der Waals surface area contributed by atoms with Crippen LogP contribution in [0.15, 0.2) is 49.1 Å². The predicted molar refractivity (Wildman–Crippen MR) is 262 cm³/mol. The second kappa shape index (κ2) is 23.6. The molecule has 2 aliphatic heterocycles. The van der Waals surface area contributed by atoms with Gasteiger partial charge in [-0.25, -0.2) is 9.97 Å². The number of anilines is 1. The molecule has 3 aliphatic carbocycles. The maximum absolute atomic E-state index is 14.1. The van der Waals surface area contributed by atoms with Crippen molar-refractivity contribution >= 4 is 46.3 Å². The number of benzene rings is 1. The maximum atomic E-state index is 14.1. The van der Waals surface area contributed by atoms with Crippen LogP contribution in [0.5, 0.6) is 0 Å². The van der Waals surface area contributed by atoms with Crippen LogP contribution in [0, 0.1) is 11.8 Å². The lowest BCUT2D eigenvalue weighted by molar-refractivity contribution is -0.137. The van der Waals surface area contributed by atoms with Gasteiger partial charge in [0.05, 0.1) is 60.5 Å². The average Bonchev–Trinajstić information content (AvgIpc) is 3.88. The maximum Gasteiger partial charge on any atom is 0.416 e. The highest BCUT2D eigenvalue weighted by Crippen LogP contribution is 2.38. The van der Waals surface area contributed by atoms with E-state index in [1.807, 2.05) is 11.0 Å². The minimum Gasteiger partial charge on any atom is -0.378 e. The Kier molecular flexibility index (Phi) is 17.3. The van der Waals surface area contributed by atoms with Gasteiger partial charge in [0.15, 0.2) is 0 Å². The molecule has 72 heavy (non-hydrogen) atoms. The number of hydrogen-bond acceptors (Lipinski definition) is 12. The smallest absolute Gasteiger partial charge is 0.378 e. The Morgan fingerprint density at radius 1 is 0.889 bits per heavy atom. The molecule has 3 saturated carbocycles. The van der Waals surface area contributed by atoms with E-state index in [2.05, 4.69) is 62.0 Å². The van der Waals surface area contributed by atoms with Crippen LogP contribution in [-0.4, -0.2) is 148 Å². The van der Waals surface area contributed by atoms with Gasteiger partial charge in [-0.1, -0.05) is 6.07 Å². The average molecular weight is 1010 g/mol. The van der Waals surface area contributed by atoms with Crippen molar-refractivity contribution in [2.45, 2.75) is 164 Å². The van der Waals surface area contributed by atoms with Crippen LogP contribution in [0.25, 0.3) is 10.9 Å². The summed E-state index contributed by atoms with van der Waals surface area (Å²) in [4.78, 5) is 85.0. The van der Waals surface area contributed by atoms with Gasteiger partial charge in [0.25, 0.3) is 0 Å². The number of alkyl halides is 3. The molecule has 5 fully saturated rings. The first-order valence-electron chi connectivity index (χ1n) is 25.9. The van der Waals surface area contributed by atoms with Crippen LogP contribution in [0.2, 0.25) is 0 Å². The summed E-state index contributed by atoms with van der Waals surface area (Å²) in [6, 6.07) is 5.85. The Morgan fingerprint density at radius 3 is 2.32 bits per heavy atom. The number of carbonyl (C=O) groups excluding carboxylic acids is 5. The second-order valence-electron chi connectivity index (χ2n) is 20.7. The third-order valence-electron chi connectivity index (χ3n) is 15.9. The Morgan fingerprint density at radius 2 is 1.62 bits per heavy atom. The predicted octanol–water partition coefficient (Wildman–Crippen LogP) is 5.55. The molecule has 3 aromatic rings. The number of carbonyl (C=O) groups is 5. The molecule has 6 atom stereocenters. The number of likely N-dealkylation sites (tertiary alicyclic amines) is 2. The van der Waals surface area contributed by atoms with Gasteiger partial charge in [-0.05, 0) is 128 Å². The molecule has 17 nitrogen and oxygen atoms in total. The minimum absolute atomic E-state index is 0.0336. The van der Waals surface area contributed by atoms with Gasteiger partial charge in [-0.2, -0.15) is 13.2 Å². The number of pyridine rings is 1. The molecular formula is C52H71F3N10O7. The molecule has 392 valence electrons. The third kappa shape index (κ3) is 12.8. The largest absolute Gasteiger partial charge is 0.416 e. The lowest BCUT2D eigenvalue weighted by Gasteiger charge is -2.45. The van der Waals surface area contributed by atoms with Crippen LogP contribution in [0.1, 0.15) is 121 Å². The molecule has 2 saturated heterocycles. The zero-order valence-corrected chi connectivity index (χ0v) is 41.9. The fraction of sp³-hybridized carbons (Fsp3) is 0.654. The molecule has 4 N–H and O–H groups in total. The van der Waals surface area contributed by atoms with E-state index in [0.717, 1.165) is 49.8 Å². The number of hydrogen-bond donors (Lipinski definition) is 4. The number of rotatable bonds is 18. The third-order valence-corrected chi connectivity index (χ3v) is 15.9. The van der Waals surface area contributed by atoms with E-state index >= 15 is 0 Å². The Hall–Kier alpha value is -5.47. The molecule has 0 bridgehead atoms. The lowest BCUT2D eigenvalue weighted by Crippen LogP contribution is -2.59. The number of halogens is 3. The van der Waals surface area contributed by atoms with Crippen LogP contribution in [0.4, 0.5) is 19.0 Å². The van der Waals surface area contributed by atoms with E-state index in [0.29, 0.717) is 76.8 Å². The standard InChI is InChI=1S/C52H71F3N10O7/c1-31(2)63(3)36-12-18-44(65-23-19-42(51(65)70)61-48-39-26-34(52(53,54)55)9-17-41(39)58-30-59-48)43(27-36)62-49(68)32-7-10-35(11-8-32)60-45(66)20-24-71-37-13-15-38(16-14-37)72-25-22-57-50(69)40-28-46(67)64(4)47(40)33-6-5-21-56-29-33/h5-6,9,17,21,26,29-32,35-38,40,42-44,47H,7-8,10-16,18-20,22-25,27-28H2,1-4H3,(H,57,69)(H,60,66)(H,62,68)(H,58,59,61)/t32-,35-,36-,37-,38-,40+,42+,43-,44+,47-/m1/s1. The molecule has 4 heterocycles. The summed E-state index contributed by atoms with van der Waals surface area (Å²) in [5.41, 5.74) is 0.346. The molecule has 0 unspecified atom stereocenters. The molecule has 0 radical (unpaired) electrons. The summed E-state index contributed by atoms with van der Waals surface area (Å²) in [6.45, 7) is 5.75. The van der Waals surface area contributed by atoms with Gasteiger partial charge >= 0.3 is 6.18 Å². The fourth-order valence-electron chi connectivity index (χ4n) is 11.6. The molecule has 2 aromatic heterocycles. The van der Waals surface area contributed by atoms with Crippen LogP contribution in [0.3, 0.4) is 0 Å². The number of nitrogens with one attached hydrogen (secondary N) is 4. The van der Waals surface area contributed by atoms with E-state index < -0.39 is 23.7 Å².